The van der Waals surface area contributed by atoms with Crippen molar-refractivity contribution in [2.45, 2.75) is 18.6 Å². The first-order valence-electron chi connectivity index (χ1n) is 6.44. The molecule has 19 heavy (non-hydrogen) atoms. The van der Waals surface area contributed by atoms with Crippen molar-refractivity contribution in [1.82, 2.24) is 4.31 Å². The lowest BCUT2D eigenvalue weighted by atomic mass is 10.0. The molecule has 1 unspecified atom stereocenters. The molecule has 0 aliphatic carbocycles. The fourth-order valence-electron chi connectivity index (χ4n) is 2.34. The Bertz CT molecular complexity index is 513. The van der Waals surface area contributed by atoms with Gasteiger partial charge in [0.15, 0.2) is 0 Å². The van der Waals surface area contributed by atoms with Gasteiger partial charge in [-0.1, -0.05) is 12.1 Å². The fraction of sp³-hybridized carbons (Fsp3) is 0.538. The number of piperidine rings is 1. The molecule has 5 nitrogen and oxygen atoms in total. The van der Waals surface area contributed by atoms with Gasteiger partial charge in [0.05, 0.1) is 5.75 Å². The number of hydrogen-bond donors (Lipinski definition) is 2. The van der Waals surface area contributed by atoms with E-state index in [9.17, 15) is 8.42 Å². The number of hydrogen-bond acceptors (Lipinski definition) is 4. The molecule has 0 bridgehead atoms. The molecule has 0 amide bonds. The number of aliphatic hydroxyl groups excluding tert-OH is 1. The Labute approximate surface area is 114 Å². The van der Waals surface area contributed by atoms with E-state index in [0.29, 0.717) is 18.8 Å². The molecule has 0 saturated carbocycles. The van der Waals surface area contributed by atoms with Gasteiger partial charge in [-0.15, -0.1) is 0 Å². The van der Waals surface area contributed by atoms with E-state index in [1.807, 2.05) is 0 Å². The molecule has 106 valence electrons. The van der Waals surface area contributed by atoms with Crippen LogP contribution in [0, 0.1) is 5.92 Å². The summed E-state index contributed by atoms with van der Waals surface area (Å²) in [5.74, 6) is 0.0563. The highest BCUT2D eigenvalue weighted by Gasteiger charge is 2.28. The van der Waals surface area contributed by atoms with Crippen molar-refractivity contribution in [2.75, 3.05) is 25.4 Å². The van der Waals surface area contributed by atoms with Crippen molar-refractivity contribution in [3.05, 3.63) is 29.8 Å². The fourth-order valence-corrected chi connectivity index (χ4v) is 3.99. The molecule has 1 aliphatic rings. The van der Waals surface area contributed by atoms with E-state index >= 15 is 0 Å². The standard InChI is InChI=1S/C13H20N2O3S/c14-13-5-3-11(4-6-13)10-19(17,18)15-7-1-2-12(8-15)9-16/h3-6,12,16H,1-2,7-10,14H2. The Hall–Kier alpha value is -1.11. The van der Waals surface area contributed by atoms with E-state index in [1.165, 1.54) is 4.31 Å². The van der Waals surface area contributed by atoms with Crippen molar-refractivity contribution >= 4 is 15.7 Å². The zero-order valence-corrected chi connectivity index (χ0v) is 11.6. The molecular formula is C13H20N2O3S. The predicted octanol–water partition coefficient (Wildman–Crippen LogP) is 0.803. The topological polar surface area (TPSA) is 83.6 Å². The number of nitrogens with zero attached hydrogens (tertiary/aromatic N) is 1. The lowest BCUT2D eigenvalue weighted by Gasteiger charge is -2.31. The van der Waals surface area contributed by atoms with E-state index < -0.39 is 10.0 Å². The summed E-state index contributed by atoms with van der Waals surface area (Å²) in [4.78, 5) is 0. The van der Waals surface area contributed by atoms with Gasteiger partial charge in [-0.3, -0.25) is 0 Å². The van der Waals surface area contributed by atoms with Crippen molar-refractivity contribution in [2.24, 2.45) is 5.92 Å². The molecule has 1 heterocycles. The zero-order valence-electron chi connectivity index (χ0n) is 10.8. The third-order valence-corrected chi connectivity index (χ3v) is 5.28. The van der Waals surface area contributed by atoms with Gasteiger partial charge in [-0.25, -0.2) is 12.7 Å². The summed E-state index contributed by atoms with van der Waals surface area (Å²) in [6.07, 6.45) is 1.70. The van der Waals surface area contributed by atoms with E-state index in [0.717, 1.165) is 18.4 Å². The van der Waals surface area contributed by atoms with Crippen LogP contribution in [0.2, 0.25) is 0 Å². The monoisotopic (exact) mass is 284 g/mol. The highest BCUT2D eigenvalue weighted by atomic mass is 32.2. The van der Waals surface area contributed by atoms with E-state index in [1.54, 1.807) is 24.3 Å². The van der Waals surface area contributed by atoms with Crippen LogP contribution >= 0.6 is 0 Å². The largest absolute Gasteiger partial charge is 0.399 e. The molecule has 3 N–H and O–H groups in total. The number of nitrogens with two attached hydrogens (primary N) is 1. The highest BCUT2D eigenvalue weighted by molar-refractivity contribution is 7.88. The van der Waals surface area contributed by atoms with Gasteiger partial charge < -0.3 is 10.8 Å². The first-order chi connectivity index (χ1) is 9.01. The molecular weight excluding hydrogens is 264 g/mol. The molecule has 1 saturated heterocycles. The molecule has 1 atom stereocenters. The maximum absolute atomic E-state index is 12.3. The maximum atomic E-state index is 12.3. The molecule has 1 aromatic carbocycles. The van der Waals surface area contributed by atoms with Gasteiger partial charge in [0.25, 0.3) is 0 Å². The first kappa shape index (κ1) is 14.3. The van der Waals surface area contributed by atoms with Crippen LogP contribution in [0.3, 0.4) is 0 Å². The number of nitrogen functional groups attached to an aromatic ring is 1. The van der Waals surface area contributed by atoms with E-state index in [-0.39, 0.29) is 18.3 Å². The number of anilines is 1. The number of benzene rings is 1. The quantitative estimate of drug-likeness (QED) is 0.801. The Kier molecular flexibility index (Phi) is 4.44. The third kappa shape index (κ3) is 3.68. The predicted molar refractivity (Wildman–Crippen MR) is 74.9 cm³/mol. The van der Waals surface area contributed by atoms with Gasteiger partial charge in [0.2, 0.25) is 10.0 Å². The van der Waals surface area contributed by atoms with Crippen LogP contribution < -0.4 is 5.73 Å². The zero-order chi connectivity index (χ0) is 13.9. The van der Waals surface area contributed by atoms with Gasteiger partial charge in [0.1, 0.15) is 0 Å². The third-order valence-electron chi connectivity index (χ3n) is 3.46. The maximum Gasteiger partial charge on any atom is 0.218 e. The normalized spacial score (nSPS) is 21.4. The lowest BCUT2D eigenvalue weighted by molar-refractivity contribution is 0.165. The van der Waals surface area contributed by atoms with E-state index in [2.05, 4.69) is 0 Å². The Morgan fingerprint density at radius 1 is 1.32 bits per heavy atom. The van der Waals surface area contributed by atoms with Crippen LogP contribution in [0.25, 0.3) is 0 Å². The summed E-state index contributed by atoms with van der Waals surface area (Å²) in [5, 5.41) is 9.16. The Balaban J connectivity index is 2.07. The van der Waals surface area contributed by atoms with Crippen LogP contribution in [0.15, 0.2) is 24.3 Å². The van der Waals surface area contributed by atoms with Crippen molar-refractivity contribution in [3.8, 4) is 0 Å². The first-order valence-corrected chi connectivity index (χ1v) is 8.05. The minimum Gasteiger partial charge on any atom is -0.399 e. The minimum atomic E-state index is -3.31. The molecule has 1 aliphatic heterocycles. The Morgan fingerprint density at radius 2 is 2.00 bits per heavy atom. The van der Waals surface area contributed by atoms with Crippen molar-refractivity contribution < 1.29 is 13.5 Å². The SMILES string of the molecule is Nc1ccc(CS(=O)(=O)N2CCCC(CO)C2)cc1. The van der Waals surface area contributed by atoms with E-state index in [4.69, 9.17) is 10.8 Å². The second-order valence-corrected chi connectivity index (χ2v) is 7.02. The molecule has 6 heteroatoms. The van der Waals surface area contributed by atoms with Crippen molar-refractivity contribution in [3.63, 3.8) is 0 Å². The average Bonchev–Trinajstić information content (AvgIpc) is 2.41. The van der Waals surface area contributed by atoms with Crippen LogP contribution in [-0.2, 0) is 15.8 Å². The average molecular weight is 284 g/mol. The summed E-state index contributed by atoms with van der Waals surface area (Å²) in [6.45, 7) is 1.02. The molecule has 1 fully saturated rings. The Morgan fingerprint density at radius 3 is 2.63 bits per heavy atom. The van der Waals surface area contributed by atoms with Gasteiger partial charge in [-0.05, 0) is 36.5 Å². The summed E-state index contributed by atoms with van der Waals surface area (Å²) in [6, 6.07) is 6.88. The second kappa shape index (κ2) is 5.90. The number of rotatable bonds is 4. The molecule has 2 rings (SSSR count). The van der Waals surface area contributed by atoms with Gasteiger partial charge in [0, 0.05) is 25.4 Å². The molecule has 0 spiro atoms. The highest BCUT2D eigenvalue weighted by Crippen LogP contribution is 2.21. The molecule has 0 radical (unpaired) electrons. The van der Waals surface area contributed by atoms with Crippen molar-refractivity contribution in [1.29, 1.82) is 0 Å². The summed E-state index contributed by atoms with van der Waals surface area (Å²) < 4.78 is 26.1. The van der Waals surface area contributed by atoms with Crippen LogP contribution in [0.5, 0.6) is 0 Å². The second-order valence-electron chi connectivity index (χ2n) is 5.05. The van der Waals surface area contributed by atoms with Crippen LogP contribution in [0.4, 0.5) is 5.69 Å². The molecule has 1 aromatic rings. The summed E-state index contributed by atoms with van der Waals surface area (Å²) >= 11 is 0. The summed E-state index contributed by atoms with van der Waals surface area (Å²) in [5.41, 5.74) is 6.94. The summed E-state index contributed by atoms with van der Waals surface area (Å²) in [7, 11) is -3.31. The number of aliphatic hydroxyl groups is 1. The smallest absolute Gasteiger partial charge is 0.218 e. The van der Waals surface area contributed by atoms with Gasteiger partial charge >= 0.3 is 0 Å². The van der Waals surface area contributed by atoms with Crippen LogP contribution in [0.1, 0.15) is 18.4 Å². The molecule has 0 aromatic heterocycles. The lowest BCUT2D eigenvalue weighted by Crippen LogP contribution is -2.41. The number of sulfonamides is 1. The van der Waals surface area contributed by atoms with Gasteiger partial charge in [-0.2, -0.15) is 0 Å². The minimum absolute atomic E-state index is 0.00850. The van der Waals surface area contributed by atoms with Crippen LogP contribution in [-0.4, -0.2) is 37.5 Å².